The maximum atomic E-state index is 5.84. The van der Waals surface area contributed by atoms with Gasteiger partial charge in [-0.1, -0.05) is 11.2 Å². The second-order valence-corrected chi connectivity index (χ2v) is 4.76. The fourth-order valence-corrected chi connectivity index (χ4v) is 1.78. The zero-order valence-corrected chi connectivity index (χ0v) is 11.0. The molecule has 0 bridgehead atoms. The van der Waals surface area contributed by atoms with Crippen molar-refractivity contribution in [3.63, 3.8) is 0 Å². The van der Waals surface area contributed by atoms with Crippen LogP contribution in [0.15, 0.2) is 22.6 Å². The average molecular weight is 282 g/mol. The number of aromatic nitrogens is 2. The number of anilines is 1. The van der Waals surface area contributed by atoms with Crippen molar-refractivity contribution in [2.75, 3.05) is 12.1 Å². The average Bonchev–Trinajstić information content (AvgIpc) is 3.04. The Morgan fingerprint density at radius 2 is 2.16 bits per heavy atom. The third kappa shape index (κ3) is 2.58. The second kappa shape index (κ2) is 4.97. The summed E-state index contributed by atoms with van der Waals surface area (Å²) in [4.78, 5) is 0. The molecule has 100 valence electrons. The molecule has 1 aliphatic rings. The van der Waals surface area contributed by atoms with Crippen molar-refractivity contribution >= 4 is 17.6 Å². The number of nitrogens with zero attached hydrogens (tertiary/aromatic N) is 2. The highest BCUT2D eigenvalue weighted by atomic mass is 35.5. The van der Waals surface area contributed by atoms with Crippen LogP contribution in [0.1, 0.15) is 23.8 Å². The van der Waals surface area contributed by atoms with Gasteiger partial charge in [-0.15, -0.1) is 16.7 Å². The molecule has 7 heteroatoms. The van der Waals surface area contributed by atoms with Gasteiger partial charge in [-0.25, -0.2) is 0 Å². The van der Waals surface area contributed by atoms with E-state index in [-0.39, 0.29) is 12.2 Å². The molecule has 19 heavy (non-hydrogen) atoms. The Morgan fingerprint density at radius 1 is 1.32 bits per heavy atom. The minimum Gasteiger partial charge on any atom is -0.454 e. The highest BCUT2D eigenvalue weighted by Crippen LogP contribution is 2.32. The number of nitrogens with one attached hydrogen (secondary N) is 1. The van der Waals surface area contributed by atoms with Crippen LogP contribution in [0, 0.1) is 0 Å². The van der Waals surface area contributed by atoms with Crippen LogP contribution in [0.25, 0.3) is 0 Å². The molecule has 1 N–H and O–H groups in total. The first-order chi connectivity index (χ1) is 9.22. The molecule has 0 aliphatic carbocycles. The molecular weight excluding hydrogens is 270 g/mol. The van der Waals surface area contributed by atoms with E-state index in [2.05, 4.69) is 15.5 Å². The van der Waals surface area contributed by atoms with Gasteiger partial charge in [0.2, 0.25) is 12.7 Å². The molecule has 0 fully saturated rings. The van der Waals surface area contributed by atoms with Gasteiger partial charge < -0.3 is 19.2 Å². The van der Waals surface area contributed by atoms with Crippen molar-refractivity contribution in [3.05, 3.63) is 29.7 Å². The molecule has 1 aromatic heterocycles. The van der Waals surface area contributed by atoms with Crippen LogP contribution < -0.4 is 14.8 Å². The minimum atomic E-state index is -0.298. The summed E-state index contributed by atoms with van der Waals surface area (Å²) >= 11 is 5.84. The van der Waals surface area contributed by atoms with E-state index < -0.39 is 0 Å². The Balaban J connectivity index is 1.65. The van der Waals surface area contributed by atoms with E-state index in [9.17, 15) is 0 Å². The Hall–Kier alpha value is -1.95. The van der Waals surface area contributed by atoms with Gasteiger partial charge in [0, 0.05) is 6.54 Å². The molecule has 0 saturated heterocycles. The molecule has 1 atom stereocenters. The molecule has 1 unspecified atom stereocenters. The first kappa shape index (κ1) is 12.1. The van der Waals surface area contributed by atoms with Gasteiger partial charge in [0.1, 0.15) is 5.38 Å². The number of benzene rings is 1. The van der Waals surface area contributed by atoms with E-state index in [4.69, 9.17) is 25.5 Å². The van der Waals surface area contributed by atoms with Crippen LogP contribution in [-0.4, -0.2) is 17.0 Å². The van der Waals surface area contributed by atoms with Crippen LogP contribution in [0.4, 0.5) is 6.01 Å². The van der Waals surface area contributed by atoms with Gasteiger partial charge in [0.15, 0.2) is 11.5 Å². The lowest BCUT2D eigenvalue weighted by atomic mass is 10.2. The SMILES string of the molecule is CC(Cl)c1nnc(NCc2ccc3c(c2)OCO3)o1. The zero-order valence-electron chi connectivity index (χ0n) is 10.2. The van der Waals surface area contributed by atoms with Crippen molar-refractivity contribution in [1.29, 1.82) is 0 Å². The highest BCUT2D eigenvalue weighted by Gasteiger charge is 2.14. The summed E-state index contributed by atoms with van der Waals surface area (Å²) in [6.07, 6.45) is 0. The fourth-order valence-electron chi connectivity index (χ4n) is 1.70. The normalized spacial score (nSPS) is 14.4. The monoisotopic (exact) mass is 281 g/mol. The quantitative estimate of drug-likeness (QED) is 0.869. The van der Waals surface area contributed by atoms with E-state index in [1.54, 1.807) is 6.92 Å². The lowest BCUT2D eigenvalue weighted by Gasteiger charge is -2.03. The number of ether oxygens (including phenoxy) is 2. The van der Waals surface area contributed by atoms with E-state index >= 15 is 0 Å². The van der Waals surface area contributed by atoms with Gasteiger partial charge >= 0.3 is 6.01 Å². The van der Waals surface area contributed by atoms with Gasteiger partial charge in [0.05, 0.1) is 0 Å². The third-order valence-electron chi connectivity index (χ3n) is 2.66. The van der Waals surface area contributed by atoms with Crippen molar-refractivity contribution in [2.24, 2.45) is 0 Å². The van der Waals surface area contributed by atoms with Gasteiger partial charge in [-0.05, 0) is 24.6 Å². The fraction of sp³-hybridized carbons (Fsp3) is 0.333. The number of rotatable bonds is 4. The van der Waals surface area contributed by atoms with Crippen LogP contribution in [0.3, 0.4) is 0 Å². The summed E-state index contributed by atoms with van der Waals surface area (Å²) in [6, 6.07) is 6.08. The highest BCUT2D eigenvalue weighted by molar-refractivity contribution is 6.20. The van der Waals surface area contributed by atoms with E-state index in [0.717, 1.165) is 17.1 Å². The van der Waals surface area contributed by atoms with Crippen LogP contribution in [0.5, 0.6) is 11.5 Å². The summed E-state index contributed by atoms with van der Waals surface area (Å²) in [5.74, 6) is 1.91. The van der Waals surface area contributed by atoms with E-state index in [1.807, 2.05) is 18.2 Å². The van der Waals surface area contributed by atoms with Crippen molar-refractivity contribution in [1.82, 2.24) is 10.2 Å². The summed E-state index contributed by atoms with van der Waals surface area (Å²) in [5, 5.41) is 10.4. The molecular formula is C12H12ClN3O3. The molecule has 0 spiro atoms. The van der Waals surface area contributed by atoms with Crippen molar-refractivity contribution in [3.8, 4) is 11.5 Å². The molecule has 0 amide bonds. The molecule has 6 nitrogen and oxygen atoms in total. The van der Waals surface area contributed by atoms with Crippen LogP contribution in [-0.2, 0) is 6.54 Å². The molecule has 2 aromatic rings. The first-order valence-electron chi connectivity index (χ1n) is 5.82. The lowest BCUT2D eigenvalue weighted by Crippen LogP contribution is -1.99. The smallest absolute Gasteiger partial charge is 0.315 e. The van der Waals surface area contributed by atoms with Crippen molar-refractivity contribution in [2.45, 2.75) is 18.8 Å². The third-order valence-corrected chi connectivity index (χ3v) is 2.85. The summed E-state index contributed by atoms with van der Waals surface area (Å²) in [6.45, 7) is 2.60. The Bertz CT molecular complexity index is 585. The molecule has 1 aromatic carbocycles. The van der Waals surface area contributed by atoms with Gasteiger partial charge in [-0.2, -0.15) is 0 Å². The predicted octanol–water partition coefficient (Wildman–Crippen LogP) is 2.71. The van der Waals surface area contributed by atoms with E-state index in [0.29, 0.717) is 18.5 Å². The molecule has 0 radical (unpaired) electrons. The largest absolute Gasteiger partial charge is 0.454 e. The number of fused-ring (bicyclic) bond motifs is 1. The number of halogens is 1. The predicted molar refractivity (Wildman–Crippen MR) is 68.5 cm³/mol. The van der Waals surface area contributed by atoms with Gasteiger partial charge in [-0.3, -0.25) is 0 Å². The maximum Gasteiger partial charge on any atom is 0.315 e. The summed E-state index contributed by atoms with van der Waals surface area (Å²) in [7, 11) is 0. The van der Waals surface area contributed by atoms with Crippen molar-refractivity contribution < 1.29 is 13.9 Å². The lowest BCUT2D eigenvalue weighted by molar-refractivity contribution is 0.174. The minimum absolute atomic E-state index is 0.271. The van der Waals surface area contributed by atoms with Crippen LogP contribution in [0.2, 0.25) is 0 Å². The second-order valence-electron chi connectivity index (χ2n) is 4.10. The van der Waals surface area contributed by atoms with Crippen LogP contribution >= 0.6 is 11.6 Å². The zero-order chi connectivity index (χ0) is 13.2. The Kier molecular flexibility index (Phi) is 3.16. The molecule has 2 heterocycles. The molecule has 1 aliphatic heterocycles. The van der Waals surface area contributed by atoms with E-state index in [1.165, 1.54) is 0 Å². The number of hydrogen-bond donors (Lipinski definition) is 1. The Morgan fingerprint density at radius 3 is 2.95 bits per heavy atom. The van der Waals surface area contributed by atoms with Gasteiger partial charge in [0.25, 0.3) is 0 Å². The molecule has 0 saturated carbocycles. The maximum absolute atomic E-state index is 5.84. The first-order valence-corrected chi connectivity index (χ1v) is 6.26. The Labute approximate surface area is 114 Å². The molecule has 3 rings (SSSR count). The number of hydrogen-bond acceptors (Lipinski definition) is 6. The summed E-state index contributed by atoms with van der Waals surface area (Å²) in [5.41, 5.74) is 1.03. The topological polar surface area (TPSA) is 69.4 Å². The number of alkyl halides is 1. The standard InChI is InChI=1S/C12H12ClN3O3/c1-7(13)11-15-16-12(19-11)14-5-8-2-3-9-10(4-8)18-6-17-9/h2-4,7H,5-6H2,1H3,(H,14,16). The summed E-state index contributed by atoms with van der Waals surface area (Å²) < 4.78 is 15.9.